The minimum atomic E-state index is -0.439. The smallest absolute Gasteiger partial charge is 0.274 e. The molecule has 8 heteroatoms. The van der Waals surface area contributed by atoms with Crippen molar-refractivity contribution < 1.29 is 4.92 Å². The summed E-state index contributed by atoms with van der Waals surface area (Å²) in [5.41, 5.74) is 0.560. The number of rotatable bonds is 4. The van der Waals surface area contributed by atoms with E-state index < -0.39 is 4.92 Å². The van der Waals surface area contributed by atoms with Crippen LogP contribution in [0, 0.1) is 10.1 Å². The van der Waals surface area contributed by atoms with E-state index in [9.17, 15) is 10.1 Å². The zero-order valence-corrected chi connectivity index (χ0v) is 11.0. The van der Waals surface area contributed by atoms with Gasteiger partial charge >= 0.3 is 0 Å². The Hall–Kier alpha value is -1.92. The number of hydrogen-bond donors (Lipinski definition) is 1. The van der Waals surface area contributed by atoms with Crippen LogP contribution in [0.3, 0.4) is 0 Å². The lowest BCUT2D eigenvalue weighted by Crippen LogP contribution is -2.05. The molecule has 0 spiro atoms. The molecule has 0 saturated heterocycles. The van der Waals surface area contributed by atoms with Crippen LogP contribution in [-0.4, -0.2) is 14.9 Å². The number of nitrogens with zero attached hydrogens (tertiary/aromatic N) is 3. The van der Waals surface area contributed by atoms with E-state index in [0.717, 1.165) is 0 Å². The van der Waals surface area contributed by atoms with Gasteiger partial charge in [-0.3, -0.25) is 10.1 Å². The van der Waals surface area contributed by atoms with Gasteiger partial charge in [-0.1, -0.05) is 29.8 Å². The molecule has 0 bridgehead atoms. The Bertz CT molecular complexity index is 621. The monoisotopic (exact) mass is 298 g/mol. The third-order valence-corrected chi connectivity index (χ3v) is 2.81. The van der Waals surface area contributed by atoms with Gasteiger partial charge in [0.05, 0.1) is 11.1 Å². The van der Waals surface area contributed by atoms with E-state index in [1.54, 1.807) is 18.2 Å². The zero-order valence-electron chi connectivity index (χ0n) is 9.51. The van der Waals surface area contributed by atoms with Crippen LogP contribution in [0.2, 0.25) is 10.3 Å². The van der Waals surface area contributed by atoms with Gasteiger partial charge in [0.1, 0.15) is 10.8 Å². The third kappa shape index (κ3) is 3.30. The van der Waals surface area contributed by atoms with Crippen LogP contribution in [0.15, 0.2) is 30.5 Å². The highest BCUT2D eigenvalue weighted by atomic mass is 35.5. The lowest BCUT2D eigenvalue weighted by atomic mass is 10.2. The van der Waals surface area contributed by atoms with Gasteiger partial charge in [0.15, 0.2) is 0 Å². The molecule has 0 aliphatic carbocycles. The van der Waals surface area contributed by atoms with Gasteiger partial charge in [-0.2, -0.15) is 4.98 Å². The van der Waals surface area contributed by atoms with Gasteiger partial charge < -0.3 is 5.32 Å². The Morgan fingerprint density at radius 1 is 1.32 bits per heavy atom. The third-order valence-electron chi connectivity index (χ3n) is 2.35. The SMILES string of the molecule is O=[N+]([O-])c1ccccc1CNc1nc(Cl)ncc1Cl. The quantitative estimate of drug-likeness (QED) is 0.532. The lowest BCUT2D eigenvalue weighted by Gasteiger charge is -2.07. The second kappa shape index (κ2) is 5.81. The molecule has 0 saturated carbocycles. The number of nitro groups is 1. The molecule has 98 valence electrons. The van der Waals surface area contributed by atoms with Crippen LogP contribution in [0.1, 0.15) is 5.56 Å². The highest BCUT2D eigenvalue weighted by molar-refractivity contribution is 6.33. The molecule has 0 radical (unpaired) electrons. The van der Waals surface area contributed by atoms with E-state index in [2.05, 4.69) is 15.3 Å². The Balaban J connectivity index is 2.19. The summed E-state index contributed by atoms with van der Waals surface area (Å²) in [7, 11) is 0. The fourth-order valence-electron chi connectivity index (χ4n) is 1.49. The Morgan fingerprint density at radius 3 is 2.79 bits per heavy atom. The maximum absolute atomic E-state index is 10.9. The molecule has 1 aromatic heterocycles. The summed E-state index contributed by atoms with van der Waals surface area (Å²) in [5, 5.41) is 14.1. The molecule has 1 heterocycles. The number of hydrogen-bond acceptors (Lipinski definition) is 5. The minimum Gasteiger partial charge on any atom is -0.364 e. The zero-order chi connectivity index (χ0) is 13.8. The highest BCUT2D eigenvalue weighted by Crippen LogP contribution is 2.22. The Labute approximate surface area is 118 Å². The average molecular weight is 299 g/mol. The maximum Gasteiger partial charge on any atom is 0.274 e. The number of aromatic nitrogens is 2. The summed E-state index contributed by atoms with van der Waals surface area (Å²) in [6.45, 7) is 0.213. The van der Waals surface area contributed by atoms with Crippen molar-refractivity contribution in [3.8, 4) is 0 Å². The van der Waals surface area contributed by atoms with Crippen molar-refractivity contribution in [2.24, 2.45) is 0 Å². The molecule has 6 nitrogen and oxygen atoms in total. The summed E-state index contributed by atoms with van der Waals surface area (Å²) in [6, 6.07) is 6.42. The van der Waals surface area contributed by atoms with E-state index in [1.165, 1.54) is 12.3 Å². The Kier molecular flexibility index (Phi) is 4.13. The van der Waals surface area contributed by atoms with Gasteiger partial charge in [0, 0.05) is 18.2 Å². The first kappa shape index (κ1) is 13.5. The van der Waals surface area contributed by atoms with Crippen LogP contribution in [0.4, 0.5) is 11.5 Å². The number of para-hydroxylation sites is 1. The molecule has 2 rings (SSSR count). The van der Waals surface area contributed by atoms with Crippen molar-refractivity contribution in [1.82, 2.24) is 9.97 Å². The van der Waals surface area contributed by atoms with Crippen molar-refractivity contribution in [2.75, 3.05) is 5.32 Å². The summed E-state index contributed by atoms with van der Waals surface area (Å²) >= 11 is 11.5. The summed E-state index contributed by atoms with van der Waals surface area (Å²) in [6.07, 6.45) is 1.36. The molecule has 2 aromatic rings. The second-order valence-corrected chi connectivity index (χ2v) is 4.32. The van der Waals surface area contributed by atoms with Crippen molar-refractivity contribution in [3.63, 3.8) is 0 Å². The van der Waals surface area contributed by atoms with Gasteiger partial charge in [0.25, 0.3) is 5.69 Å². The molecular formula is C11H8Cl2N4O2. The van der Waals surface area contributed by atoms with Crippen molar-refractivity contribution >= 4 is 34.7 Å². The normalized spacial score (nSPS) is 10.2. The van der Waals surface area contributed by atoms with Crippen LogP contribution in [0.25, 0.3) is 0 Å². The molecule has 0 aliphatic rings. The topological polar surface area (TPSA) is 81.0 Å². The fraction of sp³-hybridized carbons (Fsp3) is 0.0909. The van der Waals surface area contributed by atoms with Crippen LogP contribution >= 0.6 is 23.2 Å². The molecule has 0 atom stereocenters. The first-order valence-corrected chi connectivity index (χ1v) is 5.97. The molecule has 0 unspecified atom stereocenters. The van der Waals surface area contributed by atoms with Crippen LogP contribution < -0.4 is 5.32 Å². The molecule has 1 N–H and O–H groups in total. The van der Waals surface area contributed by atoms with Gasteiger partial charge in [0.2, 0.25) is 5.28 Å². The Morgan fingerprint density at radius 2 is 2.05 bits per heavy atom. The predicted octanol–water partition coefficient (Wildman–Crippen LogP) is 3.30. The first-order valence-electron chi connectivity index (χ1n) is 5.22. The van der Waals surface area contributed by atoms with Gasteiger partial charge in [-0.15, -0.1) is 0 Å². The molecule has 0 amide bonds. The number of benzene rings is 1. The first-order chi connectivity index (χ1) is 9.08. The largest absolute Gasteiger partial charge is 0.364 e. The van der Waals surface area contributed by atoms with E-state index in [-0.39, 0.29) is 17.5 Å². The molecule has 0 fully saturated rings. The second-order valence-electron chi connectivity index (χ2n) is 3.57. The van der Waals surface area contributed by atoms with Gasteiger partial charge in [-0.05, 0) is 11.6 Å². The fourth-order valence-corrected chi connectivity index (χ4v) is 1.78. The summed E-state index contributed by atoms with van der Waals surface area (Å²) < 4.78 is 0. The molecular weight excluding hydrogens is 291 g/mol. The average Bonchev–Trinajstić information content (AvgIpc) is 2.40. The number of nitro benzene ring substituents is 1. The number of halogens is 2. The van der Waals surface area contributed by atoms with Crippen LogP contribution in [-0.2, 0) is 6.54 Å². The van der Waals surface area contributed by atoms with E-state index >= 15 is 0 Å². The van der Waals surface area contributed by atoms with E-state index in [1.807, 2.05) is 0 Å². The summed E-state index contributed by atoms with van der Waals surface area (Å²) in [5.74, 6) is 0.333. The maximum atomic E-state index is 10.9. The number of nitrogens with one attached hydrogen (secondary N) is 1. The molecule has 19 heavy (non-hydrogen) atoms. The standard InChI is InChI=1S/C11H8Cl2N4O2/c12-8-6-15-11(13)16-10(8)14-5-7-3-1-2-4-9(7)17(18)19/h1-4,6H,5H2,(H,14,15,16). The lowest BCUT2D eigenvalue weighted by molar-refractivity contribution is -0.385. The number of anilines is 1. The van der Waals surface area contributed by atoms with Crippen LogP contribution in [0.5, 0.6) is 0 Å². The minimum absolute atomic E-state index is 0.0336. The van der Waals surface area contributed by atoms with E-state index in [4.69, 9.17) is 23.2 Å². The molecule has 1 aromatic carbocycles. The van der Waals surface area contributed by atoms with Crippen molar-refractivity contribution in [2.45, 2.75) is 6.54 Å². The van der Waals surface area contributed by atoms with E-state index in [0.29, 0.717) is 16.4 Å². The summed E-state index contributed by atoms with van der Waals surface area (Å²) in [4.78, 5) is 18.0. The van der Waals surface area contributed by atoms with Crippen molar-refractivity contribution in [3.05, 3.63) is 56.4 Å². The predicted molar refractivity (Wildman–Crippen MR) is 72.5 cm³/mol. The highest BCUT2D eigenvalue weighted by Gasteiger charge is 2.12. The molecule has 0 aliphatic heterocycles. The van der Waals surface area contributed by atoms with Crippen molar-refractivity contribution in [1.29, 1.82) is 0 Å². The van der Waals surface area contributed by atoms with Gasteiger partial charge in [-0.25, -0.2) is 4.98 Å².